The van der Waals surface area contributed by atoms with Gasteiger partial charge in [0, 0.05) is 12.8 Å². The summed E-state index contributed by atoms with van der Waals surface area (Å²) in [6, 6.07) is 8.63. The first kappa shape index (κ1) is 23.0. The number of benzene rings is 2. The lowest BCUT2D eigenvalue weighted by molar-refractivity contribution is 0.183. The summed E-state index contributed by atoms with van der Waals surface area (Å²) >= 11 is 0. The van der Waals surface area contributed by atoms with E-state index in [2.05, 4.69) is 9.68 Å². The molecule has 0 fully saturated rings. The summed E-state index contributed by atoms with van der Waals surface area (Å²) in [5, 5.41) is 8.61. The normalized spacial score (nSPS) is 13.4. The lowest BCUT2D eigenvalue weighted by atomic mass is 9.92. The number of nitrogens with one attached hydrogen (secondary N) is 1. The van der Waals surface area contributed by atoms with Gasteiger partial charge >= 0.3 is 6.03 Å². The predicted molar refractivity (Wildman–Crippen MR) is 114 cm³/mol. The standard InChI is InChI=1S/C21H28FN3O3S/c1-13(2)17-10-16(22)11-18(14(3)4)20(17)24-21(26)25-29(23,27)19-9-7-6-8-15(19)12-28-5/h6-11,13-14H,12H2,1-5H3,(H3,23,24,25,26,27). The van der Waals surface area contributed by atoms with Gasteiger partial charge in [-0.25, -0.2) is 18.5 Å². The second-order valence-electron chi connectivity index (χ2n) is 7.40. The molecule has 29 heavy (non-hydrogen) atoms. The Morgan fingerprint density at radius 3 is 2.24 bits per heavy atom. The molecule has 8 heteroatoms. The highest BCUT2D eigenvalue weighted by molar-refractivity contribution is 7.91. The number of carbonyl (C=O) groups excluding carboxylic acids is 1. The lowest BCUT2D eigenvalue weighted by Gasteiger charge is -2.20. The molecule has 0 aliphatic carbocycles. The van der Waals surface area contributed by atoms with E-state index >= 15 is 0 Å². The van der Waals surface area contributed by atoms with Gasteiger partial charge in [0.15, 0.2) is 0 Å². The van der Waals surface area contributed by atoms with E-state index in [9.17, 15) is 13.4 Å². The van der Waals surface area contributed by atoms with E-state index in [1.165, 1.54) is 19.2 Å². The third-order valence-corrected chi connectivity index (χ3v) is 5.91. The Hall–Kier alpha value is -2.29. The van der Waals surface area contributed by atoms with Crippen molar-refractivity contribution < 1.29 is 18.1 Å². The average molecular weight is 422 g/mol. The molecule has 0 bridgehead atoms. The summed E-state index contributed by atoms with van der Waals surface area (Å²) in [6.07, 6.45) is 0. The maximum Gasteiger partial charge on any atom is 0.354 e. The molecule has 0 radical (unpaired) electrons. The number of anilines is 1. The van der Waals surface area contributed by atoms with Crippen LogP contribution in [0.1, 0.15) is 56.2 Å². The van der Waals surface area contributed by atoms with Crippen molar-refractivity contribution in [2.75, 3.05) is 12.4 Å². The monoisotopic (exact) mass is 421 g/mol. The molecule has 1 unspecified atom stereocenters. The number of amides is 2. The van der Waals surface area contributed by atoms with Crippen LogP contribution < -0.4 is 10.5 Å². The van der Waals surface area contributed by atoms with Gasteiger partial charge in [0.1, 0.15) is 15.7 Å². The van der Waals surface area contributed by atoms with Crippen molar-refractivity contribution in [1.82, 2.24) is 0 Å². The summed E-state index contributed by atoms with van der Waals surface area (Å²) in [5.41, 5.74) is 2.35. The Labute approximate surface area is 172 Å². The van der Waals surface area contributed by atoms with Gasteiger partial charge in [-0.3, -0.25) is 0 Å². The minimum absolute atomic E-state index is 0.0387. The van der Waals surface area contributed by atoms with E-state index < -0.39 is 15.9 Å². The topological polar surface area (TPSA) is 93.8 Å². The number of halogens is 1. The number of urea groups is 1. The van der Waals surface area contributed by atoms with Crippen LogP contribution in [0.25, 0.3) is 0 Å². The van der Waals surface area contributed by atoms with Crippen molar-refractivity contribution in [3.8, 4) is 0 Å². The molecule has 2 aromatic carbocycles. The van der Waals surface area contributed by atoms with Crippen LogP contribution in [0.4, 0.5) is 14.9 Å². The minimum atomic E-state index is -3.50. The zero-order valence-electron chi connectivity index (χ0n) is 17.4. The highest BCUT2D eigenvalue weighted by Gasteiger charge is 2.20. The van der Waals surface area contributed by atoms with E-state index in [4.69, 9.17) is 9.88 Å². The largest absolute Gasteiger partial charge is 0.380 e. The SMILES string of the molecule is COCc1ccccc1S(N)(=O)=NC(=O)Nc1c(C(C)C)cc(F)cc1C(C)C. The molecule has 0 spiro atoms. The molecular weight excluding hydrogens is 393 g/mol. The minimum Gasteiger partial charge on any atom is -0.380 e. The molecule has 0 aliphatic heterocycles. The molecule has 2 aromatic rings. The van der Waals surface area contributed by atoms with Crippen LogP contribution in [0.2, 0.25) is 0 Å². The number of hydrogen-bond donors (Lipinski definition) is 2. The molecule has 2 rings (SSSR count). The van der Waals surface area contributed by atoms with E-state index in [1.54, 1.807) is 24.3 Å². The third-order valence-electron chi connectivity index (χ3n) is 4.45. The smallest absolute Gasteiger partial charge is 0.354 e. The van der Waals surface area contributed by atoms with Crippen LogP contribution in [0.3, 0.4) is 0 Å². The molecule has 158 valence electrons. The van der Waals surface area contributed by atoms with Gasteiger partial charge in [-0.15, -0.1) is 4.36 Å². The van der Waals surface area contributed by atoms with Gasteiger partial charge in [0.2, 0.25) is 0 Å². The molecular formula is C21H28FN3O3S. The average Bonchev–Trinajstić information content (AvgIpc) is 2.62. The molecule has 0 aromatic heterocycles. The fraction of sp³-hybridized carbons (Fsp3) is 0.381. The quantitative estimate of drug-likeness (QED) is 0.675. The number of methoxy groups -OCH3 is 1. The Bertz CT molecular complexity index is 983. The highest BCUT2D eigenvalue weighted by atomic mass is 32.2. The van der Waals surface area contributed by atoms with Crippen molar-refractivity contribution in [3.63, 3.8) is 0 Å². The summed E-state index contributed by atoms with van der Waals surface area (Å²) in [5.74, 6) is -0.449. The zero-order valence-corrected chi connectivity index (χ0v) is 18.2. The van der Waals surface area contributed by atoms with Crippen molar-refractivity contribution in [2.24, 2.45) is 9.50 Å². The third kappa shape index (κ3) is 5.62. The number of ether oxygens (including phenoxy) is 1. The number of carbonyl (C=O) groups is 1. The van der Waals surface area contributed by atoms with Gasteiger partial charge in [0.05, 0.1) is 11.5 Å². The van der Waals surface area contributed by atoms with Crippen LogP contribution in [0.5, 0.6) is 0 Å². The molecule has 0 saturated carbocycles. The Balaban J connectivity index is 2.49. The van der Waals surface area contributed by atoms with E-state index in [0.717, 1.165) is 0 Å². The summed E-state index contributed by atoms with van der Waals surface area (Å²) in [7, 11) is -1.99. The first-order chi connectivity index (χ1) is 13.6. The van der Waals surface area contributed by atoms with Crippen LogP contribution in [0, 0.1) is 5.82 Å². The van der Waals surface area contributed by atoms with Crippen molar-refractivity contribution in [2.45, 2.75) is 51.0 Å². The zero-order chi connectivity index (χ0) is 21.8. The second-order valence-corrected chi connectivity index (χ2v) is 9.16. The number of hydrogen-bond acceptors (Lipinski definition) is 3. The van der Waals surface area contributed by atoms with Crippen LogP contribution in [-0.4, -0.2) is 17.3 Å². The number of rotatable bonds is 6. The van der Waals surface area contributed by atoms with Gasteiger partial charge in [-0.05, 0) is 46.7 Å². The summed E-state index contributed by atoms with van der Waals surface area (Å²) in [6.45, 7) is 7.80. The van der Waals surface area contributed by atoms with Crippen molar-refractivity contribution in [1.29, 1.82) is 0 Å². The molecule has 0 aliphatic rings. The fourth-order valence-corrected chi connectivity index (χ4v) is 4.24. The Morgan fingerprint density at radius 2 is 1.72 bits per heavy atom. The molecule has 2 amide bonds. The first-order valence-corrected chi connectivity index (χ1v) is 10.9. The van der Waals surface area contributed by atoms with Crippen LogP contribution >= 0.6 is 0 Å². The second kappa shape index (κ2) is 9.47. The van der Waals surface area contributed by atoms with Gasteiger partial charge < -0.3 is 10.1 Å². The van der Waals surface area contributed by atoms with Crippen LogP contribution in [0.15, 0.2) is 45.7 Å². The van der Waals surface area contributed by atoms with Gasteiger partial charge in [-0.1, -0.05) is 45.9 Å². The summed E-state index contributed by atoms with van der Waals surface area (Å²) < 4.78 is 35.9. The highest BCUT2D eigenvalue weighted by Crippen LogP contribution is 2.33. The number of nitrogens with two attached hydrogens (primary N) is 1. The molecule has 3 N–H and O–H groups in total. The fourth-order valence-electron chi connectivity index (χ4n) is 3.07. The Morgan fingerprint density at radius 1 is 1.17 bits per heavy atom. The first-order valence-electron chi connectivity index (χ1n) is 9.33. The van der Waals surface area contributed by atoms with Gasteiger partial charge in [0.25, 0.3) is 0 Å². The molecule has 1 atom stereocenters. The maximum absolute atomic E-state index is 14.1. The molecule has 0 heterocycles. The number of nitrogens with zero attached hydrogens (tertiary/aromatic N) is 1. The predicted octanol–water partition coefficient (Wildman–Crippen LogP) is 5.15. The summed E-state index contributed by atoms with van der Waals surface area (Å²) in [4.78, 5) is 12.9. The van der Waals surface area contributed by atoms with Crippen molar-refractivity contribution in [3.05, 3.63) is 58.9 Å². The van der Waals surface area contributed by atoms with Crippen LogP contribution in [-0.2, 0) is 21.3 Å². The van der Waals surface area contributed by atoms with E-state index in [-0.39, 0.29) is 29.2 Å². The maximum atomic E-state index is 14.1. The van der Waals surface area contributed by atoms with Crippen molar-refractivity contribution >= 4 is 21.6 Å². The lowest BCUT2D eigenvalue weighted by Crippen LogP contribution is -2.20. The molecule has 0 saturated heterocycles. The van der Waals surface area contributed by atoms with E-state index in [0.29, 0.717) is 22.4 Å². The van der Waals surface area contributed by atoms with E-state index in [1.807, 2.05) is 27.7 Å². The Kier molecular flexibility index (Phi) is 7.51. The van der Waals surface area contributed by atoms with Gasteiger partial charge in [-0.2, -0.15) is 0 Å². The molecule has 6 nitrogen and oxygen atoms in total.